The third-order valence-corrected chi connectivity index (χ3v) is 4.83. The largest absolute Gasteiger partial charge is 0.461 e. The smallest absolute Gasteiger partial charge is 0.195 e. The number of fused-ring (bicyclic) bond motifs is 2. The van der Waals surface area contributed by atoms with Gasteiger partial charge in [-0.3, -0.25) is 4.90 Å². The molecule has 25 heavy (non-hydrogen) atoms. The van der Waals surface area contributed by atoms with Crippen LogP contribution in [0, 0.1) is 0 Å². The summed E-state index contributed by atoms with van der Waals surface area (Å²) < 4.78 is 5.43. The van der Waals surface area contributed by atoms with Crippen molar-refractivity contribution < 1.29 is 4.42 Å². The molecule has 0 aliphatic carbocycles. The van der Waals surface area contributed by atoms with Crippen LogP contribution in [-0.4, -0.2) is 26.4 Å². The molecule has 0 spiro atoms. The summed E-state index contributed by atoms with van der Waals surface area (Å²) in [5.41, 5.74) is 4.90. The first-order valence-corrected chi connectivity index (χ1v) is 8.53. The minimum atomic E-state index is 0.664. The molecule has 0 amide bonds. The van der Waals surface area contributed by atoms with Gasteiger partial charge in [-0.15, -0.1) is 0 Å². The number of aromatic amines is 1. The van der Waals surface area contributed by atoms with E-state index < -0.39 is 0 Å². The molecule has 5 nitrogen and oxygen atoms in total. The summed E-state index contributed by atoms with van der Waals surface area (Å²) in [5.74, 6) is 1.38. The lowest BCUT2D eigenvalue weighted by Crippen LogP contribution is -2.31. The van der Waals surface area contributed by atoms with E-state index in [9.17, 15) is 0 Å². The van der Waals surface area contributed by atoms with E-state index in [1.54, 1.807) is 6.26 Å². The van der Waals surface area contributed by atoms with Crippen LogP contribution in [0.2, 0.25) is 0 Å². The highest BCUT2D eigenvalue weighted by molar-refractivity contribution is 5.82. The topological polar surface area (TPSA) is 58.0 Å². The number of rotatable bonds is 3. The Morgan fingerprint density at radius 1 is 1.16 bits per heavy atom. The van der Waals surface area contributed by atoms with E-state index in [4.69, 9.17) is 9.40 Å². The molecular formula is C20H18N4O. The van der Waals surface area contributed by atoms with Crippen LogP contribution in [0.25, 0.3) is 22.5 Å². The van der Waals surface area contributed by atoms with Gasteiger partial charge < -0.3 is 9.40 Å². The van der Waals surface area contributed by atoms with Crippen LogP contribution in [0.4, 0.5) is 0 Å². The molecule has 5 heteroatoms. The van der Waals surface area contributed by atoms with Crippen LogP contribution < -0.4 is 0 Å². The Morgan fingerprint density at radius 2 is 2.16 bits per heavy atom. The van der Waals surface area contributed by atoms with Gasteiger partial charge in [-0.25, -0.2) is 9.97 Å². The zero-order chi connectivity index (χ0) is 16.6. The maximum absolute atomic E-state index is 5.43. The second-order valence-corrected chi connectivity index (χ2v) is 6.46. The van der Waals surface area contributed by atoms with Crippen molar-refractivity contribution in [1.82, 2.24) is 19.9 Å². The summed E-state index contributed by atoms with van der Waals surface area (Å²) in [6.45, 7) is 2.77. The molecule has 0 fully saturated rings. The molecule has 5 rings (SSSR count). The van der Waals surface area contributed by atoms with Crippen LogP contribution in [-0.2, 0) is 19.5 Å². The second kappa shape index (κ2) is 5.86. The molecule has 4 aromatic rings. The summed E-state index contributed by atoms with van der Waals surface area (Å²) in [4.78, 5) is 15.0. The second-order valence-electron chi connectivity index (χ2n) is 6.46. The van der Waals surface area contributed by atoms with E-state index in [-0.39, 0.29) is 0 Å². The molecule has 1 aromatic carbocycles. The molecule has 4 heterocycles. The zero-order valence-corrected chi connectivity index (χ0v) is 13.8. The van der Waals surface area contributed by atoms with Crippen LogP contribution >= 0.6 is 0 Å². The van der Waals surface area contributed by atoms with Gasteiger partial charge in [0, 0.05) is 37.5 Å². The average Bonchev–Trinajstić information content (AvgIpc) is 3.33. The number of nitrogens with one attached hydrogen (secondary N) is 1. The van der Waals surface area contributed by atoms with Crippen molar-refractivity contribution in [2.24, 2.45) is 0 Å². The van der Waals surface area contributed by atoms with Gasteiger partial charge >= 0.3 is 0 Å². The molecule has 1 aliphatic heterocycles. The molecule has 0 saturated carbocycles. The number of furan rings is 1. The van der Waals surface area contributed by atoms with Gasteiger partial charge in [0.15, 0.2) is 11.6 Å². The van der Waals surface area contributed by atoms with Crippen LogP contribution in [0.5, 0.6) is 0 Å². The molecule has 0 unspecified atom stereocenters. The Bertz CT molecular complexity index is 1020. The standard InChI is InChI=1S/C20H18N4O/c1-3-14-6-8-21-19(14)16(4-1)12-24-9-7-15-11-22-20(23-17(15)13-24)18-5-2-10-25-18/h1-6,8,10-11,21H,7,9,12-13H2. The van der Waals surface area contributed by atoms with E-state index in [0.717, 1.165) is 37.5 Å². The van der Waals surface area contributed by atoms with Crippen LogP contribution in [0.3, 0.4) is 0 Å². The van der Waals surface area contributed by atoms with Gasteiger partial charge in [-0.05, 0) is 41.1 Å². The Kier molecular flexibility index (Phi) is 3.38. The lowest BCUT2D eigenvalue weighted by Gasteiger charge is -2.28. The van der Waals surface area contributed by atoms with Crippen molar-refractivity contribution in [1.29, 1.82) is 0 Å². The van der Waals surface area contributed by atoms with Crippen molar-refractivity contribution >= 4 is 10.9 Å². The van der Waals surface area contributed by atoms with Gasteiger partial charge in [0.1, 0.15) is 0 Å². The van der Waals surface area contributed by atoms with Crippen molar-refractivity contribution in [2.45, 2.75) is 19.5 Å². The van der Waals surface area contributed by atoms with Gasteiger partial charge in [0.2, 0.25) is 0 Å². The summed E-state index contributed by atoms with van der Waals surface area (Å²) in [6, 6.07) is 12.3. The Balaban J connectivity index is 1.42. The quantitative estimate of drug-likeness (QED) is 0.621. The van der Waals surface area contributed by atoms with Crippen molar-refractivity contribution in [3.8, 4) is 11.6 Å². The minimum Gasteiger partial charge on any atom is -0.461 e. The lowest BCUT2D eigenvalue weighted by molar-refractivity contribution is 0.242. The first-order chi connectivity index (χ1) is 12.4. The maximum atomic E-state index is 5.43. The third-order valence-electron chi connectivity index (χ3n) is 4.83. The number of aromatic nitrogens is 3. The molecule has 0 bridgehead atoms. The number of nitrogens with zero attached hydrogens (tertiary/aromatic N) is 3. The van der Waals surface area contributed by atoms with E-state index >= 15 is 0 Å². The Morgan fingerprint density at radius 3 is 3.08 bits per heavy atom. The predicted molar refractivity (Wildman–Crippen MR) is 95.9 cm³/mol. The molecule has 1 aliphatic rings. The van der Waals surface area contributed by atoms with Crippen molar-refractivity contribution in [3.05, 3.63) is 71.9 Å². The highest BCUT2D eigenvalue weighted by Gasteiger charge is 2.20. The predicted octanol–water partition coefficient (Wildman–Crippen LogP) is 3.78. The van der Waals surface area contributed by atoms with E-state index in [1.807, 2.05) is 24.5 Å². The summed E-state index contributed by atoms with van der Waals surface area (Å²) in [5, 5.41) is 1.26. The Labute approximate surface area is 145 Å². The summed E-state index contributed by atoms with van der Waals surface area (Å²) in [6.07, 6.45) is 6.59. The van der Waals surface area contributed by atoms with Gasteiger partial charge in [-0.1, -0.05) is 18.2 Å². The summed E-state index contributed by atoms with van der Waals surface area (Å²) in [7, 11) is 0. The Hall–Kier alpha value is -2.92. The van der Waals surface area contributed by atoms with Gasteiger partial charge in [-0.2, -0.15) is 0 Å². The molecule has 3 aromatic heterocycles. The highest BCUT2D eigenvalue weighted by atomic mass is 16.3. The fourth-order valence-corrected chi connectivity index (χ4v) is 3.54. The normalized spacial score (nSPS) is 14.7. The fourth-order valence-electron chi connectivity index (χ4n) is 3.54. The van der Waals surface area contributed by atoms with Gasteiger partial charge in [0.25, 0.3) is 0 Å². The maximum Gasteiger partial charge on any atom is 0.195 e. The number of hydrogen-bond donors (Lipinski definition) is 1. The SMILES string of the molecule is c1coc(-c2ncc3c(n2)CN(Cc2cccc4cc[nH]c24)CC3)c1. The number of H-pyrrole nitrogens is 1. The van der Waals surface area contributed by atoms with E-state index in [0.29, 0.717) is 5.82 Å². The molecule has 0 atom stereocenters. The summed E-state index contributed by atoms with van der Waals surface area (Å²) >= 11 is 0. The first-order valence-electron chi connectivity index (χ1n) is 8.53. The molecule has 1 N–H and O–H groups in total. The van der Waals surface area contributed by atoms with Crippen molar-refractivity contribution in [3.63, 3.8) is 0 Å². The van der Waals surface area contributed by atoms with E-state index in [1.165, 1.54) is 22.0 Å². The van der Waals surface area contributed by atoms with Crippen molar-refractivity contribution in [2.75, 3.05) is 6.54 Å². The van der Waals surface area contributed by atoms with E-state index in [2.05, 4.69) is 39.1 Å². The highest BCUT2D eigenvalue weighted by Crippen LogP contribution is 2.24. The molecular weight excluding hydrogens is 312 g/mol. The van der Waals surface area contributed by atoms with Gasteiger partial charge in [0.05, 0.1) is 12.0 Å². The lowest BCUT2D eigenvalue weighted by atomic mass is 10.1. The fraction of sp³-hybridized carbons (Fsp3) is 0.200. The number of benzene rings is 1. The minimum absolute atomic E-state index is 0.664. The monoisotopic (exact) mass is 330 g/mol. The third kappa shape index (κ3) is 2.62. The van der Waals surface area contributed by atoms with Crippen LogP contribution in [0.1, 0.15) is 16.8 Å². The van der Waals surface area contributed by atoms with Crippen LogP contribution in [0.15, 0.2) is 59.5 Å². The molecule has 124 valence electrons. The number of hydrogen-bond acceptors (Lipinski definition) is 4. The molecule has 0 radical (unpaired) electrons. The zero-order valence-electron chi connectivity index (χ0n) is 13.8. The average molecular weight is 330 g/mol. The molecule has 0 saturated heterocycles. The first kappa shape index (κ1) is 14.4. The number of para-hydroxylation sites is 1.